The molecule has 0 spiro atoms. The lowest BCUT2D eigenvalue weighted by molar-refractivity contribution is 0.103. The number of benzene rings is 1. The van der Waals surface area contributed by atoms with E-state index in [1.165, 1.54) is 0 Å². The maximum absolute atomic E-state index is 12.3. The third kappa shape index (κ3) is 2.43. The molecular weight excluding hydrogens is 250 g/mol. The topological polar surface area (TPSA) is 82.0 Å². The Balaban J connectivity index is 2.51. The van der Waals surface area contributed by atoms with Crippen molar-refractivity contribution in [3.05, 3.63) is 52.2 Å². The lowest BCUT2D eigenvalue weighted by Crippen LogP contribution is -2.08. The van der Waals surface area contributed by atoms with Crippen LogP contribution < -0.4 is 11.5 Å². The molecule has 5 heteroatoms. The number of halogens is 1. The zero-order valence-electron chi connectivity index (χ0n) is 9.77. The molecule has 0 radical (unpaired) electrons. The predicted molar refractivity (Wildman–Crippen MR) is 72.7 cm³/mol. The number of rotatable bonds is 2. The molecule has 0 amide bonds. The highest BCUT2D eigenvalue weighted by Gasteiger charge is 2.14. The minimum absolute atomic E-state index is 0.198. The SMILES string of the molecule is Cc1cnc(N)c(C(=O)c2cc(N)cc(Cl)c2)c1. The van der Waals surface area contributed by atoms with Gasteiger partial charge in [0.2, 0.25) is 0 Å². The highest BCUT2D eigenvalue weighted by Crippen LogP contribution is 2.21. The fraction of sp³-hybridized carbons (Fsp3) is 0.0769. The normalized spacial score (nSPS) is 10.3. The molecule has 0 unspecified atom stereocenters. The number of nitrogen functional groups attached to an aromatic ring is 2. The van der Waals surface area contributed by atoms with E-state index in [-0.39, 0.29) is 11.6 Å². The number of hydrogen-bond donors (Lipinski definition) is 2. The first-order chi connectivity index (χ1) is 8.47. The molecule has 0 saturated carbocycles. The monoisotopic (exact) mass is 261 g/mol. The molecule has 1 aromatic carbocycles. The molecule has 92 valence electrons. The van der Waals surface area contributed by atoms with Crippen molar-refractivity contribution in [1.82, 2.24) is 4.98 Å². The van der Waals surface area contributed by atoms with Crippen LogP contribution in [0.15, 0.2) is 30.5 Å². The minimum Gasteiger partial charge on any atom is -0.399 e. The van der Waals surface area contributed by atoms with Crippen molar-refractivity contribution >= 4 is 28.9 Å². The first-order valence-electron chi connectivity index (χ1n) is 5.30. The van der Waals surface area contributed by atoms with Gasteiger partial charge in [-0.1, -0.05) is 11.6 Å². The number of carbonyl (C=O) groups excluding carboxylic acids is 1. The largest absolute Gasteiger partial charge is 0.399 e. The van der Waals surface area contributed by atoms with Gasteiger partial charge in [0.1, 0.15) is 5.82 Å². The summed E-state index contributed by atoms with van der Waals surface area (Å²) in [6, 6.07) is 6.40. The highest BCUT2D eigenvalue weighted by molar-refractivity contribution is 6.31. The average molecular weight is 262 g/mol. The van der Waals surface area contributed by atoms with Gasteiger partial charge in [-0.25, -0.2) is 4.98 Å². The molecule has 0 aliphatic carbocycles. The average Bonchev–Trinajstić information content (AvgIpc) is 2.30. The maximum Gasteiger partial charge on any atom is 0.196 e. The van der Waals surface area contributed by atoms with E-state index >= 15 is 0 Å². The zero-order valence-corrected chi connectivity index (χ0v) is 10.5. The minimum atomic E-state index is -0.238. The summed E-state index contributed by atoms with van der Waals surface area (Å²) in [5.41, 5.74) is 13.4. The molecule has 2 rings (SSSR count). The Morgan fingerprint density at radius 1 is 1.22 bits per heavy atom. The van der Waals surface area contributed by atoms with Crippen molar-refractivity contribution in [3.63, 3.8) is 0 Å². The van der Waals surface area contributed by atoms with Gasteiger partial charge in [0.05, 0.1) is 5.56 Å². The summed E-state index contributed by atoms with van der Waals surface area (Å²) in [5.74, 6) is -0.0398. The summed E-state index contributed by atoms with van der Waals surface area (Å²) in [6.45, 7) is 1.84. The summed E-state index contributed by atoms with van der Waals surface area (Å²) >= 11 is 5.87. The van der Waals surface area contributed by atoms with E-state index in [2.05, 4.69) is 4.98 Å². The Morgan fingerprint density at radius 2 is 1.94 bits per heavy atom. The summed E-state index contributed by atoms with van der Waals surface area (Å²) in [7, 11) is 0. The highest BCUT2D eigenvalue weighted by atomic mass is 35.5. The third-order valence-electron chi connectivity index (χ3n) is 2.48. The lowest BCUT2D eigenvalue weighted by atomic mass is 10.0. The second-order valence-electron chi connectivity index (χ2n) is 4.05. The fourth-order valence-corrected chi connectivity index (χ4v) is 1.90. The number of ketones is 1. The summed E-state index contributed by atoms with van der Waals surface area (Å²) in [6.07, 6.45) is 1.61. The fourth-order valence-electron chi connectivity index (χ4n) is 1.66. The number of nitrogens with zero attached hydrogens (tertiary/aromatic N) is 1. The molecule has 0 bridgehead atoms. The Labute approximate surface area is 110 Å². The Bertz CT molecular complexity index is 605. The molecule has 0 atom stereocenters. The van der Waals surface area contributed by atoms with Crippen LogP contribution in [0.25, 0.3) is 0 Å². The third-order valence-corrected chi connectivity index (χ3v) is 2.70. The molecule has 0 aliphatic heterocycles. The standard InChI is InChI=1S/C13H12ClN3O/c1-7-2-11(13(16)17-6-7)12(18)8-3-9(14)5-10(15)4-8/h2-6H,15H2,1H3,(H2,16,17). The predicted octanol–water partition coefficient (Wildman–Crippen LogP) is 2.44. The van der Waals surface area contributed by atoms with Crippen molar-refractivity contribution < 1.29 is 4.79 Å². The van der Waals surface area contributed by atoms with E-state index in [0.29, 0.717) is 21.8 Å². The van der Waals surface area contributed by atoms with E-state index in [0.717, 1.165) is 5.56 Å². The number of aryl methyl sites for hydroxylation is 1. The lowest BCUT2D eigenvalue weighted by Gasteiger charge is -2.06. The second-order valence-corrected chi connectivity index (χ2v) is 4.48. The van der Waals surface area contributed by atoms with Crippen LogP contribution in [0.2, 0.25) is 5.02 Å². The Kier molecular flexibility index (Phi) is 3.21. The molecule has 18 heavy (non-hydrogen) atoms. The van der Waals surface area contributed by atoms with Crippen LogP contribution in [0.4, 0.5) is 11.5 Å². The van der Waals surface area contributed by atoms with Crippen LogP contribution in [-0.2, 0) is 0 Å². The molecule has 0 saturated heterocycles. The van der Waals surface area contributed by atoms with Crippen molar-refractivity contribution in [2.75, 3.05) is 11.5 Å². The molecule has 2 aromatic rings. The van der Waals surface area contributed by atoms with Crippen molar-refractivity contribution in [2.24, 2.45) is 0 Å². The zero-order chi connectivity index (χ0) is 13.3. The molecule has 4 nitrogen and oxygen atoms in total. The number of carbonyl (C=O) groups is 1. The molecular formula is C13H12ClN3O. The van der Waals surface area contributed by atoms with Crippen LogP contribution in [0.3, 0.4) is 0 Å². The van der Waals surface area contributed by atoms with E-state index in [9.17, 15) is 4.79 Å². The van der Waals surface area contributed by atoms with E-state index < -0.39 is 0 Å². The van der Waals surface area contributed by atoms with Crippen molar-refractivity contribution in [3.8, 4) is 0 Å². The van der Waals surface area contributed by atoms with Crippen molar-refractivity contribution in [1.29, 1.82) is 0 Å². The van der Waals surface area contributed by atoms with Crippen LogP contribution in [0.5, 0.6) is 0 Å². The quantitative estimate of drug-likeness (QED) is 0.643. The number of aromatic nitrogens is 1. The van der Waals surface area contributed by atoms with Gasteiger partial charge in [0.25, 0.3) is 0 Å². The first kappa shape index (κ1) is 12.4. The van der Waals surface area contributed by atoms with Gasteiger partial charge in [0.15, 0.2) is 5.78 Å². The van der Waals surface area contributed by atoms with Crippen LogP contribution in [-0.4, -0.2) is 10.8 Å². The summed E-state index contributed by atoms with van der Waals surface area (Å²) in [4.78, 5) is 16.3. The van der Waals surface area contributed by atoms with E-state index in [1.54, 1.807) is 30.5 Å². The van der Waals surface area contributed by atoms with Gasteiger partial charge < -0.3 is 11.5 Å². The smallest absolute Gasteiger partial charge is 0.196 e. The maximum atomic E-state index is 12.3. The second kappa shape index (κ2) is 4.66. The molecule has 0 aliphatic rings. The summed E-state index contributed by atoms with van der Waals surface area (Å²) < 4.78 is 0. The number of anilines is 2. The Morgan fingerprint density at radius 3 is 2.61 bits per heavy atom. The van der Waals surface area contributed by atoms with Gasteiger partial charge >= 0.3 is 0 Å². The molecule has 4 N–H and O–H groups in total. The van der Waals surface area contributed by atoms with Gasteiger partial charge in [-0.3, -0.25) is 4.79 Å². The van der Waals surface area contributed by atoms with Crippen LogP contribution >= 0.6 is 11.6 Å². The van der Waals surface area contributed by atoms with Gasteiger partial charge in [0, 0.05) is 22.5 Å². The van der Waals surface area contributed by atoms with E-state index in [4.69, 9.17) is 23.1 Å². The van der Waals surface area contributed by atoms with Gasteiger partial charge in [-0.2, -0.15) is 0 Å². The summed E-state index contributed by atoms with van der Waals surface area (Å²) in [5, 5.41) is 0.414. The van der Waals surface area contributed by atoms with Gasteiger partial charge in [-0.05, 0) is 36.8 Å². The first-order valence-corrected chi connectivity index (χ1v) is 5.68. The van der Waals surface area contributed by atoms with Crippen LogP contribution in [0.1, 0.15) is 21.5 Å². The Hall–Kier alpha value is -2.07. The van der Waals surface area contributed by atoms with Gasteiger partial charge in [-0.15, -0.1) is 0 Å². The van der Waals surface area contributed by atoms with Crippen LogP contribution in [0, 0.1) is 6.92 Å². The number of hydrogen-bond acceptors (Lipinski definition) is 4. The van der Waals surface area contributed by atoms with E-state index in [1.807, 2.05) is 6.92 Å². The molecule has 0 fully saturated rings. The number of pyridine rings is 1. The molecule has 1 heterocycles. The van der Waals surface area contributed by atoms with Crippen molar-refractivity contribution in [2.45, 2.75) is 6.92 Å². The number of nitrogens with two attached hydrogens (primary N) is 2. The molecule has 1 aromatic heterocycles.